The number of hydrogen-bond acceptors (Lipinski definition) is 8. The summed E-state index contributed by atoms with van der Waals surface area (Å²) in [5, 5.41) is 4.35. The highest BCUT2D eigenvalue weighted by molar-refractivity contribution is 6.29. The standard InChI is InChI=1S/C14H19ClN6O2/c1-10-16-11(15)7-13(17-10)21-5-3-20(4-6-21)8-14-18-12(9-22-2)19-23-14/h7H,3-6,8-9H2,1-2H3. The van der Waals surface area contributed by atoms with Crippen LogP contribution >= 0.6 is 11.6 Å². The largest absolute Gasteiger partial charge is 0.377 e. The Morgan fingerprint density at radius 2 is 2.00 bits per heavy atom. The van der Waals surface area contributed by atoms with E-state index in [1.54, 1.807) is 13.2 Å². The monoisotopic (exact) mass is 338 g/mol. The quantitative estimate of drug-likeness (QED) is 0.754. The molecule has 1 aliphatic rings. The molecular weight excluding hydrogens is 320 g/mol. The number of ether oxygens (including phenoxy) is 1. The highest BCUT2D eigenvalue weighted by Gasteiger charge is 2.20. The molecule has 9 heteroatoms. The fourth-order valence-corrected chi connectivity index (χ4v) is 2.77. The second-order valence-electron chi connectivity index (χ2n) is 5.40. The van der Waals surface area contributed by atoms with Gasteiger partial charge in [-0.3, -0.25) is 4.90 Å². The van der Waals surface area contributed by atoms with E-state index in [4.69, 9.17) is 20.9 Å². The number of aryl methyl sites for hydroxylation is 1. The first-order valence-corrected chi connectivity index (χ1v) is 7.81. The zero-order valence-corrected chi connectivity index (χ0v) is 14.0. The lowest BCUT2D eigenvalue weighted by Crippen LogP contribution is -2.46. The average Bonchev–Trinajstić information content (AvgIpc) is 2.95. The lowest BCUT2D eigenvalue weighted by Gasteiger charge is -2.34. The molecule has 3 rings (SSSR count). The van der Waals surface area contributed by atoms with E-state index in [-0.39, 0.29) is 0 Å². The fourth-order valence-electron chi connectivity index (χ4n) is 2.55. The van der Waals surface area contributed by atoms with Crippen molar-refractivity contribution in [2.45, 2.75) is 20.1 Å². The third-order valence-electron chi connectivity index (χ3n) is 3.63. The van der Waals surface area contributed by atoms with Crippen molar-refractivity contribution < 1.29 is 9.26 Å². The molecule has 0 amide bonds. The first-order valence-electron chi connectivity index (χ1n) is 7.43. The van der Waals surface area contributed by atoms with Crippen LogP contribution in [-0.4, -0.2) is 58.3 Å². The molecule has 2 aromatic heterocycles. The zero-order valence-electron chi connectivity index (χ0n) is 13.2. The molecule has 124 valence electrons. The van der Waals surface area contributed by atoms with Crippen LogP contribution in [-0.2, 0) is 17.9 Å². The van der Waals surface area contributed by atoms with E-state index in [9.17, 15) is 0 Å². The number of halogens is 1. The van der Waals surface area contributed by atoms with Crippen LogP contribution in [0.1, 0.15) is 17.5 Å². The molecule has 0 aromatic carbocycles. The summed E-state index contributed by atoms with van der Waals surface area (Å²) in [6.07, 6.45) is 0. The van der Waals surface area contributed by atoms with Gasteiger partial charge in [-0.05, 0) is 6.92 Å². The van der Waals surface area contributed by atoms with E-state index < -0.39 is 0 Å². The molecule has 23 heavy (non-hydrogen) atoms. The number of anilines is 1. The van der Waals surface area contributed by atoms with Crippen LogP contribution in [0.3, 0.4) is 0 Å². The fraction of sp³-hybridized carbons (Fsp3) is 0.571. The Labute approximate surface area is 139 Å². The van der Waals surface area contributed by atoms with Crippen LogP contribution in [0.4, 0.5) is 5.82 Å². The Morgan fingerprint density at radius 1 is 1.22 bits per heavy atom. The summed E-state index contributed by atoms with van der Waals surface area (Å²) in [6, 6.07) is 1.80. The van der Waals surface area contributed by atoms with E-state index in [2.05, 4.69) is 29.9 Å². The van der Waals surface area contributed by atoms with Gasteiger partial charge in [-0.15, -0.1) is 0 Å². The third-order valence-corrected chi connectivity index (χ3v) is 3.83. The van der Waals surface area contributed by atoms with Gasteiger partial charge in [-0.25, -0.2) is 9.97 Å². The first-order chi connectivity index (χ1) is 11.1. The summed E-state index contributed by atoms with van der Waals surface area (Å²) in [6.45, 7) is 6.38. The second-order valence-corrected chi connectivity index (χ2v) is 5.78. The van der Waals surface area contributed by atoms with Crippen LogP contribution in [0.25, 0.3) is 0 Å². The SMILES string of the molecule is COCc1noc(CN2CCN(c3cc(Cl)nc(C)n3)CC2)n1. The minimum absolute atomic E-state index is 0.366. The maximum Gasteiger partial charge on any atom is 0.240 e. The van der Waals surface area contributed by atoms with E-state index >= 15 is 0 Å². The van der Waals surface area contributed by atoms with Crippen LogP contribution in [0, 0.1) is 6.92 Å². The number of nitrogens with zero attached hydrogens (tertiary/aromatic N) is 6. The summed E-state index contributed by atoms with van der Waals surface area (Å²) in [4.78, 5) is 17.3. The minimum atomic E-state index is 0.366. The maximum absolute atomic E-state index is 6.01. The lowest BCUT2D eigenvalue weighted by atomic mass is 10.3. The van der Waals surface area contributed by atoms with Crippen molar-refractivity contribution in [3.63, 3.8) is 0 Å². The molecule has 0 aliphatic carbocycles. The number of hydrogen-bond donors (Lipinski definition) is 0. The van der Waals surface area contributed by atoms with Gasteiger partial charge in [0.25, 0.3) is 0 Å². The Morgan fingerprint density at radius 3 is 2.70 bits per heavy atom. The molecule has 0 N–H and O–H groups in total. The number of rotatable bonds is 5. The van der Waals surface area contributed by atoms with E-state index in [0.29, 0.717) is 35.8 Å². The Bertz CT molecular complexity index is 636. The second kappa shape index (κ2) is 7.20. The highest BCUT2D eigenvalue weighted by atomic mass is 35.5. The van der Waals surface area contributed by atoms with Gasteiger partial charge >= 0.3 is 0 Å². The summed E-state index contributed by atoms with van der Waals surface area (Å²) >= 11 is 6.01. The smallest absolute Gasteiger partial charge is 0.240 e. The molecule has 0 atom stereocenters. The molecule has 0 saturated carbocycles. The summed E-state index contributed by atoms with van der Waals surface area (Å²) in [5.41, 5.74) is 0. The van der Waals surface area contributed by atoms with Gasteiger partial charge in [0.15, 0.2) is 5.82 Å². The van der Waals surface area contributed by atoms with Crippen molar-refractivity contribution in [2.75, 3.05) is 38.2 Å². The van der Waals surface area contributed by atoms with Crippen molar-refractivity contribution >= 4 is 17.4 Å². The van der Waals surface area contributed by atoms with Crippen LogP contribution < -0.4 is 4.90 Å². The van der Waals surface area contributed by atoms with Crippen molar-refractivity contribution in [1.82, 2.24) is 25.0 Å². The van der Waals surface area contributed by atoms with Crippen molar-refractivity contribution in [2.24, 2.45) is 0 Å². The predicted octanol–water partition coefficient (Wildman–Crippen LogP) is 1.29. The van der Waals surface area contributed by atoms with E-state index in [1.807, 2.05) is 6.92 Å². The molecule has 3 heterocycles. The molecule has 1 saturated heterocycles. The highest BCUT2D eigenvalue weighted by Crippen LogP contribution is 2.18. The lowest BCUT2D eigenvalue weighted by molar-refractivity contribution is 0.174. The van der Waals surface area contributed by atoms with Crippen molar-refractivity contribution in [1.29, 1.82) is 0 Å². The number of piperazine rings is 1. The molecule has 1 aliphatic heterocycles. The van der Waals surface area contributed by atoms with E-state index in [1.165, 1.54) is 0 Å². The van der Waals surface area contributed by atoms with Crippen LogP contribution in [0.2, 0.25) is 5.15 Å². The molecule has 0 radical (unpaired) electrons. The summed E-state index contributed by atoms with van der Waals surface area (Å²) in [5.74, 6) is 2.76. The van der Waals surface area contributed by atoms with Gasteiger partial charge in [0.1, 0.15) is 23.4 Å². The Hall–Kier alpha value is -1.77. The third kappa shape index (κ3) is 4.15. The van der Waals surface area contributed by atoms with Crippen LogP contribution in [0.15, 0.2) is 10.6 Å². The Kier molecular flexibility index (Phi) is 5.04. The average molecular weight is 339 g/mol. The molecule has 0 unspecified atom stereocenters. The normalized spacial score (nSPS) is 16.0. The molecular formula is C14H19ClN6O2. The minimum Gasteiger partial charge on any atom is -0.377 e. The summed E-state index contributed by atoms with van der Waals surface area (Å²) in [7, 11) is 1.61. The molecule has 8 nitrogen and oxygen atoms in total. The van der Waals surface area contributed by atoms with E-state index in [0.717, 1.165) is 32.0 Å². The zero-order chi connectivity index (χ0) is 16.2. The van der Waals surface area contributed by atoms with Crippen LogP contribution in [0.5, 0.6) is 0 Å². The van der Waals surface area contributed by atoms with Gasteiger partial charge in [0.2, 0.25) is 5.89 Å². The number of aromatic nitrogens is 4. The predicted molar refractivity (Wildman–Crippen MR) is 84.3 cm³/mol. The Balaban J connectivity index is 1.55. The first kappa shape index (κ1) is 16.1. The van der Waals surface area contributed by atoms with Gasteiger partial charge in [-0.2, -0.15) is 4.98 Å². The van der Waals surface area contributed by atoms with Gasteiger partial charge in [0.05, 0.1) is 6.54 Å². The van der Waals surface area contributed by atoms with Gasteiger partial charge in [0, 0.05) is 39.4 Å². The molecule has 2 aromatic rings. The van der Waals surface area contributed by atoms with Gasteiger partial charge < -0.3 is 14.2 Å². The maximum atomic E-state index is 6.01. The molecule has 0 spiro atoms. The summed E-state index contributed by atoms with van der Waals surface area (Å²) < 4.78 is 10.2. The molecule has 1 fully saturated rings. The number of methoxy groups -OCH3 is 1. The van der Waals surface area contributed by atoms with Crippen molar-refractivity contribution in [3.05, 3.63) is 28.8 Å². The van der Waals surface area contributed by atoms with Gasteiger partial charge in [-0.1, -0.05) is 16.8 Å². The van der Waals surface area contributed by atoms with Crippen molar-refractivity contribution in [3.8, 4) is 0 Å². The topological polar surface area (TPSA) is 80.4 Å². The molecule has 0 bridgehead atoms.